The Morgan fingerprint density at radius 3 is 2.46 bits per heavy atom. The lowest BCUT2D eigenvalue weighted by atomic mass is 10.0. The van der Waals surface area contributed by atoms with Gasteiger partial charge in [0.2, 0.25) is 0 Å². The summed E-state index contributed by atoms with van der Waals surface area (Å²) in [7, 11) is 0. The fraction of sp³-hybridized carbons (Fsp3) is 0.250. The topological polar surface area (TPSA) is 75.2 Å². The van der Waals surface area contributed by atoms with Gasteiger partial charge in [-0.1, -0.05) is 41.4 Å². The summed E-state index contributed by atoms with van der Waals surface area (Å²) in [4.78, 5) is 42.5. The van der Waals surface area contributed by atoms with Gasteiger partial charge in [0.05, 0.1) is 26.5 Å². The molecule has 1 N–H and O–H groups in total. The van der Waals surface area contributed by atoms with Crippen molar-refractivity contribution < 1.29 is 4.79 Å². The van der Waals surface area contributed by atoms with E-state index in [9.17, 15) is 14.4 Å². The number of rotatable bonds is 2. The highest BCUT2D eigenvalue weighted by atomic mass is 35.5. The van der Waals surface area contributed by atoms with Crippen molar-refractivity contribution in [3.8, 4) is 0 Å². The number of aromatic nitrogens is 2. The molecule has 1 aromatic heterocycles. The van der Waals surface area contributed by atoms with Crippen molar-refractivity contribution >= 4 is 40.0 Å². The molecule has 1 aliphatic rings. The number of carbonyl (C=O) groups is 1. The highest BCUT2D eigenvalue weighted by molar-refractivity contribution is 6.43. The van der Waals surface area contributed by atoms with Crippen molar-refractivity contribution in [2.45, 2.75) is 18.9 Å². The van der Waals surface area contributed by atoms with Crippen LogP contribution in [0.1, 0.15) is 29.2 Å². The van der Waals surface area contributed by atoms with E-state index in [1.807, 2.05) is 0 Å². The van der Waals surface area contributed by atoms with Gasteiger partial charge in [-0.3, -0.25) is 14.2 Å². The first-order valence-electron chi connectivity index (χ1n) is 8.94. The van der Waals surface area contributed by atoms with Gasteiger partial charge in [-0.2, -0.15) is 0 Å². The average molecular weight is 418 g/mol. The molecule has 0 atom stereocenters. The number of para-hydroxylation sites is 1. The van der Waals surface area contributed by atoms with Gasteiger partial charge >= 0.3 is 5.69 Å². The number of likely N-dealkylation sites (tertiary alicyclic amines) is 1. The number of nitrogens with zero attached hydrogens (tertiary/aromatic N) is 2. The summed E-state index contributed by atoms with van der Waals surface area (Å²) < 4.78 is 1.27. The molecule has 0 radical (unpaired) electrons. The molecule has 0 bridgehead atoms. The Kier molecular flexibility index (Phi) is 5.00. The number of carbonyl (C=O) groups excluding carboxylic acids is 1. The number of piperidine rings is 1. The lowest BCUT2D eigenvalue weighted by Crippen LogP contribution is -2.45. The van der Waals surface area contributed by atoms with Gasteiger partial charge in [-0.25, -0.2) is 4.79 Å². The van der Waals surface area contributed by atoms with E-state index in [0.717, 1.165) is 0 Å². The van der Waals surface area contributed by atoms with Crippen molar-refractivity contribution in [2.75, 3.05) is 13.1 Å². The maximum atomic E-state index is 12.8. The standard InChI is InChI=1S/C20H17Cl2N3O3/c21-15-6-3-5-14(17(15)22)18(26)24-10-8-12(9-11-24)25-19(27)13-4-1-2-7-16(13)23-20(25)28/h1-7,12H,8-11H2,(H,23,28). The quantitative estimate of drug-likeness (QED) is 0.693. The van der Waals surface area contributed by atoms with E-state index in [0.29, 0.717) is 47.4 Å². The first-order valence-corrected chi connectivity index (χ1v) is 9.70. The van der Waals surface area contributed by atoms with Gasteiger partial charge in [-0.05, 0) is 37.1 Å². The SMILES string of the molecule is O=C(c1cccc(Cl)c1Cl)N1CCC(n2c(=O)[nH]c3ccccc3c2=O)CC1. The second kappa shape index (κ2) is 7.45. The molecule has 0 spiro atoms. The fourth-order valence-electron chi connectivity index (χ4n) is 3.67. The molecule has 1 saturated heterocycles. The lowest BCUT2D eigenvalue weighted by molar-refractivity contribution is 0.0692. The molecule has 6 nitrogen and oxygen atoms in total. The summed E-state index contributed by atoms with van der Waals surface area (Å²) in [6.45, 7) is 0.843. The minimum atomic E-state index is -0.425. The number of fused-ring (bicyclic) bond motifs is 1. The van der Waals surface area contributed by atoms with Crippen LogP contribution in [0.15, 0.2) is 52.1 Å². The van der Waals surface area contributed by atoms with Gasteiger partial charge in [-0.15, -0.1) is 0 Å². The molecule has 0 saturated carbocycles. The van der Waals surface area contributed by atoms with Gasteiger partial charge in [0.25, 0.3) is 11.5 Å². The summed E-state index contributed by atoms with van der Waals surface area (Å²) in [5.41, 5.74) is 0.152. The zero-order valence-electron chi connectivity index (χ0n) is 14.8. The number of benzene rings is 2. The van der Waals surface area contributed by atoms with E-state index in [1.165, 1.54) is 4.57 Å². The van der Waals surface area contributed by atoms with E-state index >= 15 is 0 Å². The normalized spacial score (nSPS) is 15.1. The molecule has 2 heterocycles. The van der Waals surface area contributed by atoms with Crippen LogP contribution in [-0.4, -0.2) is 33.4 Å². The minimum Gasteiger partial charge on any atom is -0.338 e. The first kappa shape index (κ1) is 18.8. The highest BCUT2D eigenvalue weighted by Gasteiger charge is 2.28. The number of amides is 1. The third-order valence-electron chi connectivity index (χ3n) is 5.14. The van der Waals surface area contributed by atoms with Crippen molar-refractivity contribution in [3.05, 3.63) is 78.9 Å². The van der Waals surface area contributed by atoms with E-state index < -0.39 is 5.69 Å². The zero-order valence-corrected chi connectivity index (χ0v) is 16.3. The maximum absolute atomic E-state index is 12.8. The summed E-state index contributed by atoms with van der Waals surface area (Å²) >= 11 is 12.2. The molecule has 28 heavy (non-hydrogen) atoms. The van der Waals surface area contributed by atoms with Gasteiger partial charge in [0.1, 0.15) is 0 Å². The second-order valence-electron chi connectivity index (χ2n) is 6.78. The van der Waals surface area contributed by atoms with Crippen LogP contribution in [0.3, 0.4) is 0 Å². The highest BCUT2D eigenvalue weighted by Crippen LogP contribution is 2.28. The van der Waals surface area contributed by atoms with Crippen LogP contribution in [0.4, 0.5) is 0 Å². The Morgan fingerprint density at radius 1 is 1.00 bits per heavy atom. The molecule has 1 fully saturated rings. The van der Waals surface area contributed by atoms with Crippen molar-refractivity contribution in [1.82, 2.24) is 14.5 Å². The number of H-pyrrole nitrogens is 1. The third-order valence-corrected chi connectivity index (χ3v) is 5.95. The molecule has 4 rings (SSSR count). The van der Waals surface area contributed by atoms with E-state index in [2.05, 4.69) is 4.98 Å². The van der Waals surface area contributed by atoms with Gasteiger partial charge < -0.3 is 9.88 Å². The number of hydrogen-bond acceptors (Lipinski definition) is 3. The van der Waals surface area contributed by atoms with Crippen LogP contribution in [0.2, 0.25) is 10.0 Å². The molecule has 0 aliphatic carbocycles. The molecule has 2 aromatic carbocycles. The van der Waals surface area contributed by atoms with Crippen LogP contribution >= 0.6 is 23.2 Å². The Hall–Kier alpha value is -2.57. The molecule has 1 aliphatic heterocycles. The predicted molar refractivity (Wildman–Crippen MR) is 109 cm³/mol. The molecular formula is C20H17Cl2N3O3. The van der Waals surface area contributed by atoms with Crippen molar-refractivity contribution in [2.24, 2.45) is 0 Å². The summed E-state index contributed by atoms with van der Waals surface area (Å²) in [6, 6.07) is 11.6. The molecule has 1 amide bonds. The van der Waals surface area contributed by atoms with Crippen molar-refractivity contribution in [3.63, 3.8) is 0 Å². The van der Waals surface area contributed by atoms with Crippen LogP contribution in [0, 0.1) is 0 Å². The lowest BCUT2D eigenvalue weighted by Gasteiger charge is -2.32. The first-order chi connectivity index (χ1) is 13.5. The third kappa shape index (κ3) is 3.23. The Labute approximate surface area is 170 Å². The monoisotopic (exact) mass is 417 g/mol. The second-order valence-corrected chi connectivity index (χ2v) is 7.56. The largest absolute Gasteiger partial charge is 0.338 e. The Morgan fingerprint density at radius 2 is 1.71 bits per heavy atom. The molecule has 8 heteroatoms. The molecule has 0 unspecified atom stereocenters. The summed E-state index contributed by atoms with van der Waals surface area (Å²) in [5.74, 6) is -0.203. The van der Waals surface area contributed by atoms with Crippen molar-refractivity contribution in [1.29, 1.82) is 0 Å². The average Bonchev–Trinajstić information content (AvgIpc) is 2.70. The summed E-state index contributed by atoms with van der Waals surface area (Å²) in [5, 5.41) is 1.04. The smallest absolute Gasteiger partial charge is 0.329 e. The number of nitrogens with one attached hydrogen (secondary N) is 1. The van der Waals surface area contributed by atoms with E-state index in [1.54, 1.807) is 47.4 Å². The van der Waals surface area contributed by atoms with Gasteiger partial charge in [0.15, 0.2) is 0 Å². The molecule has 3 aromatic rings. The minimum absolute atomic E-state index is 0.203. The molecular weight excluding hydrogens is 401 g/mol. The molecule has 144 valence electrons. The van der Waals surface area contributed by atoms with Crippen LogP contribution in [0.5, 0.6) is 0 Å². The Balaban J connectivity index is 1.57. The maximum Gasteiger partial charge on any atom is 0.329 e. The Bertz CT molecular complexity index is 1180. The summed E-state index contributed by atoms with van der Waals surface area (Å²) in [6.07, 6.45) is 1.01. The van der Waals surface area contributed by atoms with E-state index in [4.69, 9.17) is 23.2 Å². The van der Waals surface area contributed by atoms with Gasteiger partial charge in [0, 0.05) is 19.1 Å². The van der Waals surface area contributed by atoms with E-state index in [-0.39, 0.29) is 22.5 Å². The van der Waals surface area contributed by atoms with Crippen LogP contribution < -0.4 is 11.2 Å². The van der Waals surface area contributed by atoms with Crippen LogP contribution in [-0.2, 0) is 0 Å². The number of halogens is 2. The zero-order chi connectivity index (χ0) is 19.8. The predicted octanol–water partition coefficient (Wildman–Crippen LogP) is 3.47. The fourth-order valence-corrected chi connectivity index (χ4v) is 4.06. The number of hydrogen-bond donors (Lipinski definition) is 1. The van der Waals surface area contributed by atoms with Crippen LogP contribution in [0.25, 0.3) is 10.9 Å². The number of aromatic amines is 1.